The Morgan fingerprint density at radius 1 is 1.32 bits per heavy atom. The average Bonchev–Trinajstić information content (AvgIpc) is 3.35. The lowest BCUT2D eigenvalue weighted by atomic mass is 10.1. The third kappa shape index (κ3) is 2.93. The summed E-state index contributed by atoms with van der Waals surface area (Å²) in [7, 11) is 0. The standard InChI is InChI=1S/C17H15FN4O2S/c1-11-2-3-13(25-11)15(23)22-9-6-17(18,10-22)16-20-14(24-21-16)12-4-7-19-8-5-12/h2-5,7-8H,6,9-10H2,1H3. The van der Waals surface area contributed by atoms with E-state index in [4.69, 9.17) is 4.52 Å². The monoisotopic (exact) mass is 358 g/mol. The molecule has 3 aromatic heterocycles. The maximum absolute atomic E-state index is 15.3. The van der Waals surface area contributed by atoms with Crippen LogP contribution in [0.4, 0.5) is 4.39 Å². The fourth-order valence-corrected chi connectivity index (χ4v) is 3.69. The first-order valence-corrected chi connectivity index (χ1v) is 8.66. The number of amides is 1. The van der Waals surface area contributed by atoms with Crippen LogP contribution in [0.2, 0.25) is 0 Å². The van der Waals surface area contributed by atoms with E-state index in [2.05, 4.69) is 15.1 Å². The van der Waals surface area contributed by atoms with Gasteiger partial charge >= 0.3 is 0 Å². The zero-order valence-electron chi connectivity index (χ0n) is 13.5. The molecule has 0 aliphatic carbocycles. The Balaban J connectivity index is 1.54. The van der Waals surface area contributed by atoms with E-state index in [-0.39, 0.29) is 30.6 Å². The number of halogens is 1. The molecular weight excluding hydrogens is 343 g/mol. The molecule has 25 heavy (non-hydrogen) atoms. The van der Waals surface area contributed by atoms with Gasteiger partial charge < -0.3 is 9.42 Å². The highest BCUT2D eigenvalue weighted by atomic mass is 32.1. The quantitative estimate of drug-likeness (QED) is 0.719. The Labute approximate surface area is 147 Å². The molecule has 1 aliphatic rings. The van der Waals surface area contributed by atoms with Crippen molar-refractivity contribution in [3.8, 4) is 11.5 Å². The number of nitrogens with zero attached hydrogens (tertiary/aromatic N) is 4. The SMILES string of the molecule is Cc1ccc(C(=O)N2CCC(F)(c3noc(-c4ccncc4)n3)C2)s1. The van der Waals surface area contributed by atoms with E-state index in [9.17, 15) is 4.79 Å². The van der Waals surface area contributed by atoms with Gasteiger partial charge in [0.25, 0.3) is 11.8 Å². The Kier molecular flexibility index (Phi) is 3.84. The number of likely N-dealkylation sites (tertiary alicyclic amines) is 1. The summed E-state index contributed by atoms with van der Waals surface area (Å²) in [6, 6.07) is 7.09. The number of pyridine rings is 1. The molecule has 6 nitrogen and oxygen atoms in total. The van der Waals surface area contributed by atoms with Crippen molar-refractivity contribution in [1.29, 1.82) is 0 Å². The number of aromatic nitrogens is 3. The van der Waals surface area contributed by atoms with Gasteiger partial charge in [0.2, 0.25) is 5.82 Å². The summed E-state index contributed by atoms with van der Waals surface area (Å²) in [5, 5.41) is 3.80. The van der Waals surface area contributed by atoms with Crippen LogP contribution < -0.4 is 0 Å². The molecule has 0 radical (unpaired) electrons. The number of thiophene rings is 1. The second-order valence-electron chi connectivity index (χ2n) is 6.01. The van der Waals surface area contributed by atoms with E-state index in [0.29, 0.717) is 17.0 Å². The number of hydrogen-bond acceptors (Lipinski definition) is 6. The van der Waals surface area contributed by atoms with Crippen LogP contribution in [0.5, 0.6) is 0 Å². The van der Waals surface area contributed by atoms with Crippen LogP contribution in [0.15, 0.2) is 41.2 Å². The molecule has 1 atom stereocenters. The van der Waals surface area contributed by atoms with E-state index >= 15 is 4.39 Å². The van der Waals surface area contributed by atoms with Crippen LogP contribution in [0.25, 0.3) is 11.5 Å². The Morgan fingerprint density at radius 3 is 2.84 bits per heavy atom. The molecule has 3 aromatic rings. The van der Waals surface area contributed by atoms with Gasteiger partial charge in [-0.15, -0.1) is 11.3 Å². The minimum atomic E-state index is -1.79. The predicted octanol–water partition coefficient (Wildman–Crippen LogP) is 3.21. The molecule has 1 aliphatic heterocycles. The van der Waals surface area contributed by atoms with E-state index < -0.39 is 5.67 Å². The molecule has 4 rings (SSSR count). The molecule has 0 N–H and O–H groups in total. The Morgan fingerprint density at radius 2 is 2.12 bits per heavy atom. The molecule has 1 saturated heterocycles. The highest BCUT2D eigenvalue weighted by Gasteiger charge is 2.46. The first kappa shape index (κ1) is 15.9. The van der Waals surface area contributed by atoms with E-state index in [0.717, 1.165) is 4.88 Å². The molecular formula is C17H15FN4O2S. The van der Waals surface area contributed by atoms with Crippen LogP contribution in [0.3, 0.4) is 0 Å². The number of alkyl halides is 1. The summed E-state index contributed by atoms with van der Waals surface area (Å²) < 4.78 is 20.5. The fraction of sp³-hybridized carbons (Fsp3) is 0.294. The summed E-state index contributed by atoms with van der Waals surface area (Å²) in [5.74, 6) is 0.0699. The molecule has 1 unspecified atom stereocenters. The molecule has 0 saturated carbocycles. The van der Waals surface area contributed by atoms with Crippen molar-refractivity contribution in [2.75, 3.05) is 13.1 Å². The number of hydrogen-bond donors (Lipinski definition) is 0. The molecule has 128 valence electrons. The summed E-state index contributed by atoms with van der Waals surface area (Å²) in [5.41, 5.74) is -1.12. The second kappa shape index (κ2) is 6.03. The van der Waals surface area contributed by atoms with Crippen molar-refractivity contribution in [3.63, 3.8) is 0 Å². The number of carbonyl (C=O) groups excluding carboxylic acids is 1. The molecule has 4 heterocycles. The van der Waals surface area contributed by atoms with Gasteiger partial charge in [-0.3, -0.25) is 9.78 Å². The van der Waals surface area contributed by atoms with Crippen LogP contribution in [-0.2, 0) is 5.67 Å². The third-order valence-corrected chi connectivity index (χ3v) is 5.20. The number of carbonyl (C=O) groups is 1. The van der Waals surface area contributed by atoms with Crippen molar-refractivity contribution in [2.45, 2.75) is 19.0 Å². The van der Waals surface area contributed by atoms with Crippen LogP contribution in [0, 0.1) is 6.92 Å². The fourth-order valence-electron chi connectivity index (χ4n) is 2.85. The molecule has 0 bridgehead atoms. The van der Waals surface area contributed by atoms with Crippen LogP contribution >= 0.6 is 11.3 Å². The molecule has 8 heteroatoms. The number of rotatable bonds is 3. The van der Waals surface area contributed by atoms with Crippen molar-refractivity contribution in [3.05, 3.63) is 52.2 Å². The lowest BCUT2D eigenvalue weighted by molar-refractivity contribution is 0.0747. The average molecular weight is 358 g/mol. The highest BCUT2D eigenvalue weighted by molar-refractivity contribution is 7.13. The minimum absolute atomic E-state index is 0.0167. The van der Waals surface area contributed by atoms with Crippen molar-refractivity contribution >= 4 is 17.2 Å². The number of aryl methyl sites for hydroxylation is 1. The predicted molar refractivity (Wildman–Crippen MR) is 89.9 cm³/mol. The van der Waals surface area contributed by atoms with Crippen molar-refractivity contribution in [1.82, 2.24) is 20.0 Å². The van der Waals surface area contributed by atoms with Gasteiger partial charge in [-0.25, -0.2) is 4.39 Å². The molecule has 1 amide bonds. The highest BCUT2D eigenvalue weighted by Crippen LogP contribution is 2.36. The van der Waals surface area contributed by atoms with Crippen LogP contribution in [-0.4, -0.2) is 39.0 Å². The second-order valence-corrected chi connectivity index (χ2v) is 7.30. The van der Waals surface area contributed by atoms with Gasteiger partial charge in [0, 0.05) is 35.8 Å². The summed E-state index contributed by atoms with van der Waals surface area (Å²) in [6.07, 6.45) is 3.35. The van der Waals surface area contributed by atoms with Gasteiger partial charge in [-0.05, 0) is 31.2 Å². The smallest absolute Gasteiger partial charge is 0.264 e. The maximum Gasteiger partial charge on any atom is 0.264 e. The zero-order chi connectivity index (χ0) is 17.4. The summed E-state index contributed by atoms with van der Waals surface area (Å²) >= 11 is 1.41. The normalized spacial score (nSPS) is 20.2. The maximum atomic E-state index is 15.3. The summed E-state index contributed by atoms with van der Waals surface area (Å²) in [6.45, 7) is 2.19. The Hall–Kier alpha value is -2.61. The van der Waals surface area contributed by atoms with Gasteiger partial charge in [-0.2, -0.15) is 4.98 Å². The first-order chi connectivity index (χ1) is 12.0. The topological polar surface area (TPSA) is 72.1 Å². The zero-order valence-corrected chi connectivity index (χ0v) is 14.3. The van der Waals surface area contributed by atoms with E-state index in [1.165, 1.54) is 16.2 Å². The first-order valence-electron chi connectivity index (χ1n) is 7.84. The molecule has 1 fully saturated rings. The summed E-state index contributed by atoms with van der Waals surface area (Å²) in [4.78, 5) is 23.8. The van der Waals surface area contributed by atoms with E-state index in [1.807, 2.05) is 13.0 Å². The van der Waals surface area contributed by atoms with Crippen LogP contribution in [0.1, 0.15) is 26.8 Å². The molecule has 0 spiro atoms. The van der Waals surface area contributed by atoms with Gasteiger partial charge in [0.1, 0.15) is 0 Å². The van der Waals surface area contributed by atoms with E-state index in [1.54, 1.807) is 30.6 Å². The lowest BCUT2D eigenvalue weighted by Crippen LogP contribution is -2.32. The minimum Gasteiger partial charge on any atom is -0.334 e. The lowest BCUT2D eigenvalue weighted by Gasteiger charge is -2.17. The van der Waals surface area contributed by atoms with Crippen molar-refractivity contribution in [2.24, 2.45) is 0 Å². The Bertz CT molecular complexity index is 910. The largest absolute Gasteiger partial charge is 0.334 e. The van der Waals surface area contributed by atoms with Gasteiger partial charge in [0.15, 0.2) is 5.67 Å². The third-order valence-electron chi connectivity index (χ3n) is 4.21. The van der Waals surface area contributed by atoms with Crippen molar-refractivity contribution < 1.29 is 13.7 Å². The molecule has 0 aromatic carbocycles. The van der Waals surface area contributed by atoms with Gasteiger partial charge in [0.05, 0.1) is 11.4 Å². The van der Waals surface area contributed by atoms with Gasteiger partial charge in [-0.1, -0.05) is 5.16 Å².